The van der Waals surface area contributed by atoms with Crippen LogP contribution in [0.4, 0.5) is 0 Å². The summed E-state index contributed by atoms with van der Waals surface area (Å²) in [5.41, 5.74) is 56.1. The first-order valence-corrected chi connectivity index (χ1v) is 43.7. The Morgan fingerprint density at radius 3 is 1.53 bits per heavy atom. The number of primary amides is 2. The van der Waals surface area contributed by atoms with Gasteiger partial charge in [0.15, 0.2) is 24.2 Å². The van der Waals surface area contributed by atoms with E-state index in [0.717, 1.165) is 11.8 Å². The average molecular weight is 1860 g/mol. The maximum Gasteiger partial charge on any atom is 0.245 e. The van der Waals surface area contributed by atoms with Gasteiger partial charge < -0.3 is 161 Å². The molecule has 0 bridgehead atoms. The zero-order valence-corrected chi connectivity index (χ0v) is 75.8. The van der Waals surface area contributed by atoms with Crippen LogP contribution in [0.5, 0.6) is 0 Å². The predicted molar refractivity (Wildman–Crippen MR) is 477 cm³/mol. The van der Waals surface area contributed by atoms with E-state index in [1.807, 2.05) is 0 Å². The van der Waals surface area contributed by atoms with Crippen LogP contribution < -0.4 is 132 Å². The first-order chi connectivity index (χ1) is 61.8. The molecule has 0 radical (unpaired) electrons. The molecule has 37 N–H and O–H groups in total. The van der Waals surface area contributed by atoms with Gasteiger partial charge in [0, 0.05) is 45.9 Å². The van der Waals surface area contributed by atoms with Crippen LogP contribution in [0.15, 0.2) is 45.3 Å². The summed E-state index contributed by atoms with van der Waals surface area (Å²) in [6.07, 6.45) is -7.19. The number of nitrogens with zero attached hydrogens (tertiary/aromatic N) is 4. The zero-order valence-electron chi connectivity index (χ0n) is 75.8. The van der Waals surface area contributed by atoms with Gasteiger partial charge in [-0.05, 0) is 121 Å². The molecule has 131 heavy (non-hydrogen) atoms. The molecule has 50 nitrogen and oxygen atoms in total. The highest BCUT2D eigenvalue weighted by Gasteiger charge is 2.48. The molecule has 0 aromatic heterocycles. The molecule has 1 aromatic rings. The molecule has 2 aliphatic heterocycles. The standard InChI is InChI=1S/C81H140N28O22/c1-10-41(5)60(74(126)96-37-56(113)100-48(66(85)118)24-15-16-30-82)107-77(129)62(44(8)130-78-63(99-45(9)111)65(117)64(116)54(39-110)131-78)108-75(127)59(40(3)4)105-72(124)52(35-46-21-13-12-14-22-46)104-67(119)43(7)98-70(122)50(26-19-33-94-81(90)91)101-57(114)36-95-73(125)53-27-20-34-109(53)58(115)38-97-69(121)49(25-18-32-93-80(88)89)102-71(123)51(28-29-55(84)112)103-76(128)61(42(6)11-2)106-68(120)47(83)23-17-31-92-79(86)87/h12-14,21-22,40-44,47-54,59-65,78,110,116-117H,10-11,15-20,23-39,82-83H2,1-9H3,(H2,84,112)(H2,85,118)(H,95,125)(H,96,126)(H,97,121)(H,98,122)(H,99,111)(H,100,113)(H,101,114)(H,102,123)(H,103,128)(H,104,119)(H,105,124)(H,106,120)(H,107,129)(H,108,127)(H4,86,87,92)(H4,88,89,93)(H4,90,91,94). The van der Waals surface area contributed by atoms with Crippen LogP contribution in [0, 0.1) is 17.8 Å². The number of aliphatic hydroxyl groups is 3. The Morgan fingerprint density at radius 1 is 0.511 bits per heavy atom. The van der Waals surface area contributed by atoms with Crippen molar-refractivity contribution in [2.75, 3.05) is 59.0 Å². The SMILES string of the molecule is CCC(C)C(NC(=O)C(N)CCCN=C(N)N)C(=O)NC(CCC(N)=O)C(=O)NC(CCCN=C(N)N)C(=O)NCC(=O)N1CCCC1C(=O)NCC(=O)NC(CCCN=C(N)N)C(=O)NC(C)C(=O)NC(Cc1ccccc1)C(=O)NC(C(=O)NC(C(=O)NC(C(=O)NCC(=O)NC(CCCCN)C(N)=O)C(C)CC)C(C)OC1OC(CO)C(O)C(O)C1NC(C)=O)C(C)C. The quantitative estimate of drug-likeness (QED) is 0.0164. The molecule has 20 unspecified atom stereocenters. The number of nitrogens with two attached hydrogens (primary N) is 10. The number of aliphatic imine (C=N–C) groups is 3. The second-order valence-electron chi connectivity index (χ2n) is 32.6. The molecular formula is C81H140N28O22. The lowest BCUT2D eigenvalue weighted by Gasteiger charge is -2.43. The Kier molecular flexibility index (Phi) is 50.3. The minimum absolute atomic E-state index is 0.00869. The van der Waals surface area contributed by atoms with E-state index in [9.17, 15) is 96.8 Å². The van der Waals surface area contributed by atoms with Crippen molar-refractivity contribution in [3.8, 4) is 0 Å². The fraction of sp³-hybridized carbons (Fsp3) is 0.679. The van der Waals surface area contributed by atoms with Gasteiger partial charge in [-0.15, -0.1) is 0 Å². The second kappa shape index (κ2) is 58.4. The number of unbranched alkanes of at least 4 members (excludes halogenated alkanes) is 1. The molecule has 2 fully saturated rings. The molecule has 2 saturated heterocycles. The second-order valence-corrected chi connectivity index (χ2v) is 32.6. The van der Waals surface area contributed by atoms with E-state index in [1.54, 1.807) is 58.0 Å². The van der Waals surface area contributed by atoms with Crippen molar-refractivity contribution < 1.29 is 106 Å². The van der Waals surface area contributed by atoms with E-state index in [2.05, 4.69) is 89.4 Å². The van der Waals surface area contributed by atoms with Gasteiger partial charge in [-0.2, -0.15) is 0 Å². The van der Waals surface area contributed by atoms with Crippen LogP contribution >= 0.6 is 0 Å². The highest BCUT2D eigenvalue weighted by atomic mass is 16.7. The number of amides is 17. The van der Waals surface area contributed by atoms with E-state index < -0.39 is 260 Å². The minimum atomic E-state index is -1.91. The minimum Gasteiger partial charge on any atom is -0.394 e. The zero-order chi connectivity index (χ0) is 98.5. The highest BCUT2D eigenvalue weighted by molar-refractivity contribution is 6.00. The molecule has 1 aromatic carbocycles. The predicted octanol–water partition coefficient (Wildman–Crippen LogP) is -11.1. The summed E-state index contributed by atoms with van der Waals surface area (Å²) in [4.78, 5) is 248. The molecule has 50 heteroatoms. The number of ether oxygens (including phenoxy) is 2. The largest absolute Gasteiger partial charge is 0.394 e. The fourth-order valence-corrected chi connectivity index (χ4v) is 13.8. The van der Waals surface area contributed by atoms with Gasteiger partial charge in [0.05, 0.1) is 38.4 Å². The third-order valence-electron chi connectivity index (χ3n) is 21.7. The first kappa shape index (κ1) is 113. The number of carbonyl (C=O) groups is 17. The summed E-state index contributed by atoms with van der Waals surface area (Å²) < 4.78 is 12.0. The van der Waals surface area contributed by atoms with Crippen molar-refractivity contribution >= 4 is 118 Å². The van der Waals surface area contributed by atoms with Gasteiger partial charge in [-0.1, -0.05) is 84.7 Å². The summed E-state index contributed by atoms with van der Waals surface area (Å²) in [7, 11) is 0. The lowest BCUT2D eigenvalue weighted by atomic mass is 9.96. The lowest BCUT2D eigenvalue weighted by Crippen LogP contribution is -2.66. The number of hydrogen-bond acceptors (Lipinski definition) is 27. The van der Waals surface area contributed by atoms with Crippen molar-refractivity contribution in [2.45, 2.75) is 274 Å². The van der Waals surface area contributed by atoms with Gasteiger partial charge in [0.2, 0.25) is 100 Å². The van der Waals surface area contributed by atoms with E-state index in [-0.39, 0.29) is 115 Å². The summed E-state index contributed by atoms with van der Waals surface area (Å²) in [6, 6.07) is -10.5. The van der Waals surface area contributed by atoms with E-state index in [4.69, 9.17) is 66.8 Å². The monoisotopic (exact) mass is 1860 g/mol. The van der Waals surface area contributed by atoms with Gasteiger partial charge in [-0.3, -0.25) is 96.5 Å². The van der Waals surface area contributed by atoms with Crippen molar-refractivity contribution in [3.05, 3.63) is 35.9 Å². The third-order valence-corrected chi connectivity index (χ3v) is 21.7. The number of guanidine groups is 3. The smallest absolute Gasteiger partial charge is 0.245 e. The van der Waals surface area contributed by atoms with Crippen molar-refractivity contribution in [1.82, 2.24) is 79.3 Å². The van der Waals surface area contributed by atoms with Crippen LogP contribution in [-0.4, -0.2) is 307 Å². The molecule has 2 heterocycles. The summed E-state index contributed by atoms with van der Waals surface area (Å²) in [5, 5.41) is 67.7. The number of likely N-dealkylation sites (tertiary alicyclic amines) is 1. The van der Waals surface area contributed by atoms with Crippen molar-refractivity contribution in [3.63, 3.8) is 0 Å². The van der Waals surface area contributed by atoms with Crippen LogP contribution in [0.25, 0.3) is 0 Å². The first-order valence-electron chi connectivity index (χ1n) is 43.7. The summed E-state index contributed by atoms with van der Waals surface area (Å²) >= 11 is 0. The number of rotatable bonds is 59. The average Bonchev–Trinajstić information content (AvgIpc) is 1.09. The molecule has 0 saturated carbocycles. The van der Waals surface area contributed by atoms with E-state index >= 15 is 0 Å². The molecule has 20 atom stereocenters. The lowest BCUT2D eigenvalue weighted by molar-refractivity contribution is -0.281. The normalized spacial score (nSPS) is 19.0. The highest BCUT2D eigenvalue weighted by Crippen LogP contribution is 2.26. The maximum absolute atomic E-state index is 15.0. The van der Waals surface area contributed by atoms with Gasteiger partial charge in [0.1, 0.15) is 90.8 Å². The van der Waals surface area contributed by atoms with Crippen molar-refractivity contribution in [2.24, 2.45) is 90.1 Å². The molecule has 3 rings (SSSR count). The Hall–Kier alpha value is -12.3. The number of hydrogen-bond donors (Lipinski definition) is 27. The Bertz CT molecular complexity index is 4060. The molecule has 0 aliphatic carbocycles. The topological polar surface area (TPSA) is 838 Å². The van der Waals surface area contributed by atoms with Crippen LogP contribution in [0.1, 0.15) is 164 Å². The van der Waals surface area contributed by atoms with E-state index in [1.165, 1.54) is 27.7 Å². The number of aliphatic hydroxyl groups excluding tert-OH is 3. The van der Waals surface area contributed by atoms with Crippen LogP contribution in [0.2, 0.25) is 0 Å². The van der Waals surface area contributed by atoms with E-state index in [0.29, 0.717) is 37.8 Å². The molecule has 736 valence electrons. The number of benzene rings is 1. The fourth-order valence-electron chi connectivity index (χ4n) is 13.8. The van der Waals surface area contributed by atoms with Crippen LogP contribution in [0.3, 0.4) is 0 Å². The van der Waals surface area contributed by atoms with Gasteiger partial charge >= 0.3 is 0 Å². The van der Waals surface area contributed by atoms with Crippen molar-refractivity contribution in [1.29, 1.82) is 0 Å². The Morgan fingerprint density at radius 2 is 0.985 bits per heavy atom. The maximum atomic E-state index is 15.0. The third kappa shape index (κ3) is 40.3. The van der Waals surface area contributed by atoms with Gasteiger partial charge in [-0.25, -0.2) is 0 Å². The molecule has 17 amide bonds. The molecule has 0 spiro atoms. The molecule has 2 aliphatic rings. The Labute approximate surface area is 760 Å². The summed E-state index contributed by atoms with van der Waals surface area (Å²) in [6.45, 7) is 10.7. The van der Waals surface area contributed by atoms with Crippen LogP contribution in [-0.2, 0) is 97.4 Å². The summed E-state index contributed by atoms with van der Waals surface area (Å²) in [5.74, 6) is -18.0. The molecular weight excluding hydrogens is 1720 g/mol. The number of carbonyl (C=O) groups excluding carboxylic acids is 17. The Balaban J connectivity index is 1.90. The number of nitrogens with one attached hydrogen (secondary N) is 14. The van der Waals surface area contributed by atoms with Gasteiger partial charge in [0.25, 0.3) is 0 Å².